The van der Waals surface area contributed by atoms with Crippen molar-refractivity contribution in [2.75, 3.05) is 0 Å². The van der Waals surface area contributed by atoms with E-state index in [-0.39, 0.29) is 0 Å². The van der Waals surface area contributed by atoms with Crippen molar-refractivity contribution >= 4 is 11.6 Å². The third-order valence-electron chi connectivity index (χ3n) is 1.34. The van der Waals surface area contributed by atoms with Crippen LogP contribution in [0.25, 0.3) is 0 Å². The summed E-state index contributed by atoms with van der Waals surface area (Å²) in [6.07, 6.45) is 2.20. The van der Waals surface area contributed by atoms with Gasteiger partial charge in [-0.2, -0.15) is 10.4 Å². The van der Waals surface area contributed by atoms with Gasteiger partial charge in [0, 0.05) is 6.20 Å². The van der Waals surface area contributed by atoms with Crippen LogP contribution in [0.2, 0.25) is 5.02 Å². The van der Waals surface area contributed by atoms with Gasteiger partial charge in [0.25, 0.3) is 0 Å². The fraction of sp³-hybridized carbons (Fsp3) is 0.429. The van der Waals surface area contributed by atoms with Crippen LogP contribution in [0, 0.1) is 18.3 Å². The lowest BCUT2D eigenvalue weighted by molar-refractivity contribution is 0.622. The number of aryl methyl sites for hydroxylation is 2. The Labute approximate surface area is 70.2 Å². The summed E-state index contributed by atoms with van der Waals surface area (Å²) in [5.41, 5.74) is 0.810. The summed E-state index contributed by atoms with van der Waals surface area (Å²) in [6, 6.07) is 2.04. The molecule has 1 heterocycles. The molecule has 0 atom stereocenters. The molecule has 1 aromatic heterocycles. The quantitative estimate of drug-likeness (QED) is 0.677. The Kier molecular flexibility index (Phi) is 2.50. The minimum Gasteiger partial charge on any atom is -0.270 e. The van der Waals surface area contributed by atoms with Crippen molar-refractivity contribution in [2.45, 2.75) is 19.9 Å². The molecule has 0 amide bonds. The molecule has 58 valence electrons. The molecule has 0 N–H and O–H groups in total. The largest absolute Gasteiger partial charge is 0.270 e. The Morgan fingerprint density at radius 2 is 2.55 bits per heavy atom. The minimum absolute atomic E-state index is 0.470. The molecule has 0 aliphatic carbocycles. The molecule has 0 radical (unpaired) electrons. The number of nitriles is 1. The molecule has 1 aromatic rings. The molecule has 0 aliphatic rings. The van der Waals surface area contributed by atoms with Gasteiger partial charge < -0.3 is 0 Å². The predicted octanol–water partition coefficient (Wildman–Crippen LogP) is 1.76. The standard InChI is InChI=1S/C7H8ClN3/c1-6-7(8)5-11(10-6)4-2-3-9/h5H,2,4H2,1H3. The second kappa shape index (κ2) is 3.40. The van der Waals surface area contributed by atoms with Gasteiger partial charge in [0.2, 0.25) is 0 Å². The first-order valence-electron chi connectivity index (χ1n) is 3.30. The summed E-state index contributed by atoms with van der Waals surface area (Å²) in [4.78, 5) is 0. The van der Waals surface area contributed by atoms with Gasteiger partial charge in [-0.1, -0.05) is 11.6 Å². The van der Waals surface area contributed by atoms with E-state index in [2.05, 4.69) is 5.10 Å². The monoisotopic (exact) mass is 169 g/mol. The molecular formula is C7H8ClN3. The number of rotatable bonds is 2. The Hall–Kier alpha value is -1.01. The third-order valence-corrected chi connectivity index (χ3v) is 1.71. The molecule has 0 spiro atoms. The lowest BCUT2D eigenvalue weighted by Gasteiger charge is -1.92. The Bertz CT molecular complexity index is 265. The second-order valence-corrected chi connectivity index (χ2v) is 2.64. The highest BCUT2D eigenvalue weighted by molar-refractivity contribution is 6.31. The minimum atomic E-state index is 0.470. The van der Waals surface area contributed by atoms with E-state index in [9.17, 15) is 0 Å². The van der Waals surface area contributed by atoms with Crippen molar-refractivity contribution in [3.8, 4) is 6.07 Å². The van der Waals surface area contributed by atoms with Gasteiger partial charge >= 0.3 is 0 Å². The molecule has 11 heavy (non-hydrogen) atoms. The first kappa shape index (κ1) is 8.09. The van der Waals surface area contributed by atoms with Gasteiger partial charge in [-0.05, 0) is 6.92 Å². The van der Waals surface area contributed by atoms with Gasteiger partial charge in [0.1, 0.15) is 0 Å². The van der Waals surface area contributed by atoms with E-state index in [0.29, 0.717) is 18.0 Å². The highest BCUT2D eigenvalue weighted by Gasteiger charge is 1.99. The van der Waals surface area contributed by atoms with Crippen molar-refractivity contribution in [3.63, 3.8) is 0 Å². The molecule has 0 saturated heterocycles. The van der Waals surface area contributed by atoms with Gasteiger partial charge in [-0.15, -0.1) is 0 Å². The summed E-state index contributed by atoms with van der Waals surface area (Å²) in [5.74, 6) is 0. The number of aromatic nitrogens is 2. The summed E-state index contributed by atoms with van der Waals surface area (Å²) >= 11 is 5.74. The topological polar surface area (TPSA) is 41.6 Å². The van der Waals surface area contributed by atoms with E-state index in [1.165, 1.54) is 0 Å². The van der Waals surface area contributed by atoms with Crippen LogP contribution < -0.4 is 0 Å². The fourth-order valence-corrected chi connectivity index (χ4v) is 0.923. The van der Waals surface area contributed by atoms with Crippen molar-refractivity contribution < 1.29 is 0 Å². The molecule has 0 saturated carbocycles. The Morgan fingerprint density at radius 1 is 1.82 bits per heavy atom. The summed E-state index contributed by atoms with van der Waals surface area (Å²) in [6.45, 7) is 2.45. The predicted molar refractivity (Wildman–Crippen MR) is 42.2 cm³/mol. The van der Waals surface area contributed by atoms with Gasteiger partial charge in [-0.25, -0.2) is 0 Å². The van der Waals surface area contributed by atoms with Crippen LogP contribution >= 0.6 is 11.6 Å². The number of nitrogens with zero attached hydrogens (tertiary/aromatic N) is 3. The highest BCUT2D eigenvalue weighted by Crippen LogP contribution is 2.11. The van der Waals surface area contributed by atoms with Crippen molar-refractivity contribution in [1.29, 1.82) is 5.26 Å². The summed E-state index contributed by atoms with van der Waals surface area (Å²) in [5, 5.41) is 13.0. The van der Waals surface area contributed by atoms with Crippen molar-refractivity contribution in [1.82, 2.24) is 9.78 Å². The van der Waals surface area contributed by atoms with Gasteiger partial charge in [0.05, 0.1) is 29.8 Å². The van der Waals surface area contributed by atoms with Gasteiger partial charge in [0.15, 0.2) is 0 Å². The fourth-order valence-electron chi connectivity index (χ4n) is 0.773. The average molecular weight is 170 g/mol. The molecular weight excluding hydrogens is 162 g/mol. The molecule has 0 unspecified atom stereocenters. The Morgan fingerprint density at radius 3 is 3.00 bits per heavy atom. The summed E-state index contributed by atoms with van der Waals surface area (Å²) in [7, 11) is 0. The molecule has 0 aliphatic heterocycles. The van der Waals surface area contributed by atoms with E-state index < -0.39 is 0 Å². The van der Waals surface area contributed by atoms with E-state index in [0.717, 1.165) is 5.69 Å². The van der Waals surface area contributed by atoms with Crippen LogP contribution in [-0.4, -0.2) is 9.78 Å². The molecule has 4 heteroatoms. The number of halogens is 1. The summed E-state index contributed by atoms with van der Waals surface area (Å²) < 4.78 is 1.68. The van der Waals surface area contributed by atoms with Crippen LogP contribution in [0.15, 0.2) is 6.20 Å². The van der Waals surface area contributed by atoms with Crippen LogP contribution in [0.4, 0.5) is 0 Å². The molecule has 0 fully saturated rings. The first-order chi connectivity index (χ1) is 5.24. The smallest absolute Gasteiger partial charge is 0.0814 e. The Balaban J connectivity index is 2.67. The van der Waals surface area contributed by atoms with Crippen molar-refractivity contribution in [3.05, 3.63) is 16.9 Å². The number of hydrogen-bond acceptors (Lipinski definition) is 2. The van der Waals surface area contributed by atoms with E-state index in [1.807, 2.05) is 13.0 Å². The molecule has 0 bridgehead atoms. The molecule has 1 rings (SSSR count). The van der Waals surface area contributed by atoms with Crippen LogP contribution in [-0.2, 0) is 6.54 Å². The normalized spacial score (nSPS) is 9.55. The van der Waals surface area contributed by atoms with Crippen molar-refractivity contribution in [2.24, 2.45) is 0 Å². The molecule has 3 nitrogen and oxygen atoms in total. The SMILES string of the molecule is Cc1nn(CCC#N)cc1Cl. The van der Waals surface area contributed by atoms with Gasteiger partial charge in [-0.3, -0.25) is 4.68 Å². The maximum Gasteiger partial charge on any atom is 0.0814 e. The van der Waals surface area contributed by atoms with E-state index >= 15 is 0 Å². The lowest BCUT2D eigenvalue weighted by atomic mass is 10.5. The van der Waals surface area contributed by atoms with E-state index in [1.54, 1.807) is 10.9 Å². The van der Waals surface area contributed by atoms with Crippen LogP contribution in [0.1, 0.15) is 12.1 Å². The van der Waals surface area contributed by atoms with Crippen LogP contribution in [0.3, 0.4) is 0 Å². The maximum absolute atomic E-state index is 8.28. The highest BCUT2D eigenvalue weighted by atomic mass is 35.5. The maximum atomic E-state index is 8.28. The lowest BCUT2D eigenvalue weighted by Crippen LogP contribution is -1.97. The zero-order valence-electron chi connectivity index (χ0n) is 6.21. The zero-order chi connectivity index (χ0) is 8.27. The van der Waals surface area contributed by atoms with E-state index in [4.69, 9.17) is 16.9 Å². The third kappa shape index (κ3) is 1.95. The zero-order valence-corrected chi connectivity index (χ0v) is 6.97. The molecule has 0 aromatic carbocycles. The van der Waals surface area contributed by atoms with Crippen LogP contribution in [0.5, 0.6) is 0 Å². The first-order valence-corrected chi connectivity index (χ1v) is 3.68. The number of hydrogen-bond donors (Lipinski definition) is 0. The average Bonchev–Trinajstić information content (AvgIpc) is 2.28. The second-order valence-electron chi connectivity index (χ2n) is 2.23.